The molecule has 198 valence electrons. The summed E-state index contributed by atoms with van der Waals surface area (Å²) in [5.74, 6) is 0.257. The summed E-state index contributed by atoms with van der Waals surface area (Å²) in [4.78, 5) is 22.1. The molecule has 3 atom stereocenters. The van der Waals surface area contributed by atoms with Crippen LogP contribution in [0.25, 0.3) is 0 Å². The summed E-state index contributed by atoms with van der Waals surface area (Å²) in [6, 6.07) is 16.3. The van der Waals surface area contributed by atoms with Gasteiger partial charge in [0.15, 0.2) is 15.0 Å². The maximum absolute atomic E-state index is 12.6. The van der Waals surface area contributed by atoms with Crippen molar-refractivity contribution in [1.29, 1.82) is 0 Å². The largest absolute Gasteiger partial charge is 0.366 e. The number of carbonyl (C=O) groups excluding carboxylic acids is 1. The van der Waals surface area contributed by atoms with Gasteiger partial charge in [-0.3, -0.25) is 14.7 Å². The SMILES string of the molecule is Cc1cccc(N2CCN(CCCNC(=O)c3ccc(NC4=N[C@@H]5CS(=O)(=O)C[C@@H]5S4)cc3)C[C@H]2C)c1. The lowest BCUT2D eigenvalue weighted by Gasteiger charge is -2.41. The number of piperazine rings is 1. The van der Waals surface area contributed by atoms with E-state index in [1.54, 1.807) is 12.1 Å². The lowest BCUT2D eigenvalue weighted by Crippen LogP contribution is -2.52. The number of fused-ring (bicyclic) bond motifs is 1. The first-order valence-electron chi connectivity index (χ1n) is 12.9. The normalized spacial score (nSPS) is 25.0. The number of hydrogen-bond donors (Lipinski definition) is 2. The monoisotopic (exact) mass is 541 g/mol. The van der Waals surface area contributed by atoms with Gasteiger partial charge >= 0.3 is 0 Å². The summed E-state index contributed by atoms with van der Waals surface area (Å²) < 4.78 is 23.4. The van der Waals surface area contributed by atoms with Crippen LogP contribution in [0.3, 0.4) is 0 Å². The molecular weight excluding hydrogens is 506 g/mol. The molecule has 37 heavy (non-hydrogen) atoms. The molecule has 0 radical (unpaired) electrons. The second kappa shape index (κ2) is 11.0. The van der Waals surface area contributed by atoms with Crippen molar-refractivity contribution in [3.8, 4) is 0 Å². The molecule has 3 aliphatic rings. The van der Waals surface area contributed by atoms with Gasteiger partial charge in [-0.1, -0.05) is 23.9 Å². The first-order valence-corrected chi connectivity index (χ1v) is 15.6. The van der Waals surface area contributed by atoms with Gasteiger partial charge in [0.2, 0.25) is 0 Å². The third kappa shape index (κ3) is 6.48. The number of amides is 1. The number of nitrogens with zero attached hydrogens (tertiary/aromatic N) is 3. The fraction of sp³-hybridized carbons (Fsp3) is 0.481. The van der Waals surface area contributed by atoms with Crippen LogP contribution in [-0.2, 0) is 9.84 Å². The van der Waals surface area contributed by atoms with E-state index in [0.717, 1.165) is 43.5 Å². The van der Waals surface area contributed by atoms with Gasteiger partial charge in [0.1, 0.15) is 0 Å². The average molecular weight is 542 g/mol. The third-order valence-corrected chi connectivity index (χ3v) is 10.3. The second-order valence-electron chi connectivity index (χ2n) is 10.2. The summed E-state index contributed by atoms with van der Waals surface area (Å²) >= 11 is 1.49. The molecule has 10 heteroatoms. The standard InChI is InChI=1S/C27H35N5O3S2/c1-19-5-3-6-23(15-19)32-14-13-31(16-20(32)2)12-4-11-28-26(33)21-7-9-22(10-8-21)29-27-30-24-17-37(34,35)18-25(24)36-27/h3,5-10,15,20,24-25H,4,11-14,16-18H2,1-2H3,(H,28,33)(H,29,30)/t20-,24-,25+/m1/s1. The Hall–Kier alpha value is -2.56. The molecule has 0 saturated carbocycles. The van der Waals surface area contributed by atoms with Crippen molar-refractivity contribution in [2.45, 2.75) is 37.6 Å². The van der Waals surface area contributed by atoms with E-state index in [2.05, 4.69) is 63.5 Å². The smallest absolute Gasteiger partial charge is 0.251 e. The van der Waals surface area contributed by atoms with Gasteiger partial charge in [-0.25, -0.2) is 8.42 Å². The highest BCUT2D eigenvalue weighted by Gasteiger charge is 2.42. The molecule has 5 rings (SSSR count). The lowest BCUT2D eigenvalue weighted by atomic mass is 10.1. The van der Waals surface area contributed by atoms with Crippen LogP contribution in [-0.4, -0.2) is 86.0 Å². The summed E-state index contributed by atoms with van der Waals surface area (Å²) in [6.07, 6.45) is 0.914. The van der Waals surface area contributed by atoms with Crippen molar-refractivity contribution in [1.82, 2.24) is 10.2 Å². The number of aryl methyl sites for hydroxylation is 1. The number of anilines is 2. The molecule has 0 aliphatic carbocycles. The number of sulfone groups is 1. The molecule has 0 unspecified atom stereocenters. The van der Waals surface area contributed by atoms with E-state index in [0.29, 0.717) is 18.2 Å². The maximum atomic E-state index is 12.6. The summed E-state index contributed by atoms with van der Waals surface area (Å²) in [7, 11) is -2.95. The van der Waals surface area contributed by atoms with Crippen LogP contribution < -0.4 is 15.5 Å². The first kappa shape index (κ1) is 26.1. The van der Waals surface area contributed by atoms with E-state index in [1.807, 2.05) is 12.1 Å². The molecule has 2 aromatic rings. The summed E-state index contributed by atoms with van der Waals surface area (Å²) in [5, 5.41) is 7.04. The molecule has 0 spiro atoms. The maximum Gasteiger partial charge on any atom is 0.251 e. The van der Waals surface area contributed by atoms with Crippen molar-refractivity contribution in [2.24, 2.45) is 4.99 Å². The van der Waals surface area contributed by atoms with Crippen LogP contribution in [0.15, 0.2) is 53.5 Å². The Kier molecular flexibility index (Phi) is 7.78. The Morgan fingerprint density at radius 2 is 1.95 bits per heavy atom. The van der Waals surface area contributed by atoms with E-state index in [-0.39, 0.29) is 28.7 Å². The number of amidine groups is 1. The predicted molar refractivity (Wildman–Crippen MR) is 153 cm³/mol. The molecule has 3 aliphatic heterocycles. The third-order valence-electron chi connectivity index (χ3n) is 7.20. The fourth-order valence-corrected chi connectivity index (χ4v) is 8.95. The zero-order valence-corrected chi connectivity index (χ0v) is 23.0. The van der Waals surface area contributed by atoms with Crippen LogP contribution in [0.5, 0.6) is 0 Å². The van der Waals surface area contributed by atoms with Crippen molar-refractivity contribution < 1.29 is 13.2 Å². The van der Waals surface area contributed by atoms with Crippen molar-refractivity contribution in [3.63, 3.8) is 0 Å². The average Bonchev–Trinajstić information content (AvgIpc) is 3.34. The topological polar surface area (TPSA) is 94.1 Å². The predicted octanol–water partition coefficient (Wildman–Crippen LogP) is 3.01. The molecule has 2 aromatic carbocycles. The van der Waals surface area contributed by atoms with E-state index < -0.39 is 9.84 Å². The van der Waals surface area contributed by atoms with Crippen LogP contribution >= 0.6 is 11.8 Å². The Labute approximate surface area is 223 Å². The van der Waals surface area contributed by atoms with Gasteiger partial charge in [0.05, 0.1) is 17.5 Å². The minimum Gasteiger partial charge on any atom is -0.366 e. The van der Waals surface area contributed by atoms with Gasteiger partial charge in [-0.2, -0.15) is 0 Å². The first-order chi connectivity index (χ1) is 17.8. The van der Waals surface area contributed by atoms with Gasteiger partial charge in [0.25, 0.3) is 5.91 Å². The molecular formula is C27H35N5O3S2. The molecule has 3 heterocycles. The zero-order valence-electron chi connectivity index (χ0n) is 21.4. The molecule has 8 nitrogen and oxygen atoms in total. The molecule has 2 saturated heterocycles. The highest BCUT2D eigenvalue weighted by molar-refractivity contribution is 8.15. The minimum atomic E-state index is -2.95. The van der Waals surface area contributed by atoms with Crippen LogP contribution in [0.2, 0.25) is 0 Å². The Balaban J connectivity index is 1.02. The summed E-state index contributed by atoms with van der Waals surface area (Å²) in [5.41, 5.74) is 4.05. The van der Waals surface area contributed by atoms with E-state index >= 15 is 0 Å². The van der Waals surface area contributed by atoms with Gasteiger partial charge in [-0.15, -0.1) is 0 Å². The quantitative estimate of drug-likeness (QED) is 0.521. The number of aliphatic imine (C=N–C) groups is 1. The number of nitrogens with one attached hydrogen (secondary N) is 2. The minimum absolute atomic E-state index is 0.0118. The van der Waals surface area contributed by atoms with Crippen LogP contribution in [0.1, 0.15) is 29.3 Å². The molecule has 1 amide bonds. The Morgan fingerprint density at radius 3 is 2.68 bits per heavy atom. The van der Waals surface area contributed by atoms with E-state index in [1.165, 1.54) is 23.0 Å². The molecule has 0 aromatic heterocycles. The fourth-order valence-electron chi connectivity index (χ4n) is 5.28. The lowest BCUT2D eigenvalue weighted by molar-refractivity contribution is 0.0951. The van der Waals surface area contributed by atoms with Gasteiger partial charge in [0, 0.05) is 54.4 Å². The highest BCUT2D eigenvalue weighted by Crippen LogP contribution is 2.34. The van der Waals surface area contributed by atoms with Crippen molar-refractivity contribution in [2.75, 3.05) is 54.4 Å². The molecule has 2 fully saturated rings. The van der Waals surface area contributed by atoms with Gasteiger partial charge in [-0.05, 0) is 68.8 Å². The Bertz CT molecular complexity index is 1270. The van der Waals surface area contributed by atoms with Crippen molar-refractivity contribution >= 4 is 44.0 Å². The molecule has 2 N–H and O–H groups in total. The Morgan fingerprint density at radius 1 is 1.14 bits per heavy atom. The number of hydrogen-bond acceptors (Lipinski definition) is 8. The van der Waals surface area contributed by atoms with Crippen LogP contribution in [0, 0.1) is 6.92 Å². The highest BCUT2D eigenvalue weighted by atomic mass is 32.2. The molecule has 0 bridgehead atoms. The van der Waals surface area contributed by atoms with Gasteiger partial charge < -0.3 is 15.5 Å². The number of thioether (sulfide) groups is 1. The van der Waals surface area contributed by atoms with E-state index in [4.69, 9.17) is 0 Å². The van der Waals surface area contributed by atoms with Crippen LogP contribution in [0.4, 0.5) is 11.4 Å². The number of benzene rings is 2. The van der Waals surface area contributed by atoms with E-state index in [9.17, 15) is 13.2 Å². The number of carbonyl (C=O) groups is 1. The van der Waals surface area contributed by atoms with Crippen molar-refractivity contribution in [3.05, 3.63) is 59.7 Å². The summed E-state index contributed by atoms with van der Waals surface area (Å²) in [6.45, 7) is 9.10. The zero-order chi connectivity index (χ0) is 26.0. The number of rotatable bonds is 7. The second-order valence-corrected chi connectivity index (χ2v) is 13.6.